The van der Waals surface area contributed by atoms with Gasteiger partial charge in [-0.1, -0.05) is 81.2 Å². The van der Waals surface area contributed by atoms with Crippen LogP contribution in [0.15, 0.2) is 13.2 Å². The van der Waals surface area contributed by atoms with E-state index < -0.39 is 7.04 Å². The van der Waals surface area contributed by atoms with Gasteiger partial charge in [0.2, 0.25) is 0 Å². The molecule has 0 aromatic rings. The first-order valence-corrected chi connectivity index (χ1v) is 6.12. The highest BCUT2D eigenvalue weighted by Gasteiger charge is 2.17. The predicted molar refractivity (Wildman–Crippen MR) is 73.0 cm³/mol. The molecule has 0 aromatic heterocycles. The van der Waals surface area contributed by atoms with E-state index in [-0.39, 0.29) is 0 Å². The van der Waals surface area contributed by atoms with Crippen LogP contribution in [0.3, 0.4) is 0 Å². The van der Waals surface area contributed by atoms with E-state index in [4.69, 9.17) is 92.8 Å². The topological polar surface area (TPSA) is 0 Å². The van der Waals surface area contributed by atoms with Crippen molar-refractivity contribution in [2.75, 3.05) is 5.88 Å². The summed E-state index contributed by atoms with van der Waals surface area (Å²) in [6.07, 6.45) is 0.402. The minimum absolute atomic E-state index is 0.385. The van der Waals surface area contributed by atoms with Crippen LogP contribution in [0.25, 0.3) is 0 Å². The SMILES string of the molecule is C=C.ClC(Cl)(Cl)Cl.ClCCC(Cl)(Cl)Cl. The third kappa shape index (κ3) is 65.3. The van der Waals surface area contributed by atoms with E-state index in [1.54, 1.807) is 0 Å². The van der Waals surface area contributed by atoms with Crippen LogP contribution in [-0.4, -0.2) is 12.9 Å². The quantitative estimate of drug-likeness (QED) is 0.376. The predicted octanol–water partition coefficient (Wildman–Crippen LogP) is 6.34. The molecule has 0 aliphatic rings. The zero-order valence-electron chi connectivity index (χ0n) is 6.85. The fraction of sp³-hybridized carbons (Fsp3) is 0.667. The lowest BCUT2D eigenvalue weighted by Gasteiger charge is -2.04. The average Bonchev–Trinajstić information content (AvgIpc) is 1.85. The Morgan fingerprint density at radius 2 is 1.00 bits per heavy atom. The molecule has 0 saturated heterocycles. The smallest absolute Gasteiger partial charge is 0.127 e. The second-order valence-electron chi connectivity index (χ2n) is 1.48. The molecule has 0 heterocycles. The van der Waals surface area contributed by atoms with Crippen molar-refractivity contribution in [1.29, 1.82) is 0 Å². The van der Waals surface area contributed by atoms with Gasteiger partial charge in [-0.05, 0) is 0 Å². The van der Waals surface area contributed by atoms with Crippen molar-refractivity contribution in [2.45, 2.75) is 13.5 Å². The van der Waals surface area contributed by atoms with Gasteiger partial charge in [0.25, 0.3) is 3.25 Å². The van der Waals surface area contributed by atoms with Crippen LogP contribution < -0.4 is 0 Å². The van der Waals surface area contributed by atoms with Gasteiger partial charge in [-0.25, -0.2) is 0 Å². The monoisotopic (exact) mass is 360 g/mol. The van der Waals surface area contributed by atoms with E-state index in [2.05, 4.69) is 13.2 Å². The van der Waals surface area contributed by atoms with Crippen molar-refractivity contribution in [2.24, 2.45) is 0 Å². The summed E-state index contributed by atoms with van der Waals surface area (Å²) < 4.78 is -2.78. The maximum Gasteiger partial charge on any atom is 0.266 e. The molecule has 0 radical (unpaired) electrons. The minimum atomic E-state index is -1.61. The summed E-state index contributed by atoms with van der Waals surface area (Å²) >= 11 is 40.4. The normalized spacial score (nSPS) is 10.6. The molecule has 0 aliphatic heterocycles. The van der Waals surface area contributed by atoms with Crippen molar-refractivity contribution in [3.05, 3.63) is 13.2 Å². The van der Waals surface area contributed by atoms with Crippen molar-refractivity contribution in [3.8, 4) is 0 Å². The summed E-state index contributed by atoms with van der Waals surface area (Å²) in [5.41, 5.74) is 0. The molecule has 0 aliphatic carbocycles. The highest BCUT2D eigenvalue weighted by atomic mass is 35.6. The maximum absolute atomic E-state index is 5.28. The summed E-state index contributed by atoms with van der Waals surface area (Å²) in [5, 5.41) is 0. The van der Waals surface area contributed by atoms with E-state index in [9.17, 15) is 0 Å². The van der Waals surface area contributed by atoms with E-state index in [1.807, 2.05) is 0 Å². The van der Waals surface area contributed by atoms with E-state index in [0.29, 0.717) is 12.3 Å². The maximum atomic E-state index is 5.28. The fourth-order valence-electron chi connectivity index (χ4n) is 0.107. The molecular weight excluding hydrogens is 356 g/mol. The second kappa shape index (κ2) is 11.5. The summed E-state index contributed by atoms with van der Waals surface area (Å²) in [7, 11) is 0. The highest BCUT2D eigenvalue weighted by Crippen LogP contribution is 2.30. The Kier molecular flexibility index (Phi) is 17.6. The third-order valence-corrected chi connectivity index (χ3v) is 1.13. The summed E-state index contributed by atoms with van der Waals surface area (Å²) in [6.45, 7) is 6.00. The molecule has 0 bridgehead atoms. The molecule has 0 saturated carbocycles. The first-order valence-electron chi connectivity index (χ1n) is 2.94. The molecule has 88 valence electrons. The highest BCUT2D eigenvalue weighted by molar-refractivity contribution is 6.83. The van der Waals surface area contributed by atoms with Crippen LogP contribution >= 0.6 is 92.8 Å². The lowest BCUT2D eigenvalue weighted by atomic mass is 10.6. The number of hydrogen-bond acceptors (Lipinski definition) is 0. The van der Waals surface area contributed by atoms with Crippen LogP contribution in [0.1, 0.15) is 6.42 Å². The summed E-state index contributed by atoms with van der Waals surface area (Å²) in [5.74, 6) is 0.385. The fourth-order valence-corrected chi connectivity index (χ4v) is 0.964. The Bertz CT molecular complexity index is 106. The Balaban J connectivity index is -0.000000152. The van der Waals surface area contributed by atoms with E-state index >= 15 is 0 Å². The molecule has 0 N–H and O–H groups in total. The molecule has 0 unspecified atom stereocenters. The Morgan fingerprint density at radius 3 is 1.00 bits per heavy atom. The van der Waals surface area contributed by atoms with Crippen molar-refractivity contribution >= 4 is 92.8 Å². The van der Waals surface area contributed by atoms with Gasteiger partial charge < -0.3 is 0 Å². The summed E-state index contributed by atoms with van der Waals surface area (Å²) in [4.78, 5) is 0. The number of alkyl halides is 8. The van der Waals surface area contributed by atoms with Gasteiger partial charge in [0.1, 0.15) is 0 Å². The van der Waals surface area contributed by atoms with Gasteiger partial charge in [-0.2, -0.15) is 0 Å². The molecular formula is C6H8Cl8. The van der Waals surface area contributed by atoms with Crippen molar-refractivity contribution in [1.82, 2.24) is 0 Å². The summed E-state index contributed by atoms with van der Waals surface area (Å²) in [6, 6.07) is 0. The van der Waals surface area contributed by atoms with Crippen molar-refractivity contribution < 1.29 is 0 Å². The lowest BCUT2D eigenvalue weighted by molar-refractivity contribution is 0.983. The Labute approximate surface area is 124 Å². The van der Waals surface area contributed by atoms with Gasteiger partial charge in [-0.15, -0.1) is 24.8 Å². The van der Waals surface area contributed by atoms with Gasteiger partial charge in [-0.3, -0.25) is 0 Å². The molecule has 14 heavy (non-hydrogen) atoms. The van der Waals surface area contributed by atoms with Crippen LogP contribution in [0.2, 0.25) is 0 Å². The van der Waals surface area contributed by atoms with Gasteiger partial charge in [0.05, 0.1) is 0 Å². The molecule has 0 aromatic carbocycles. The van der Waals surface area contributed by atoms with Gasteiger partial charge >= 0.3 is 0 Å². The molecule has 0 fully saturated rings. The molecule has 0 rings (SSSR count). The number of rotatable bonds is 1. The largest absolute Gasteiger partial charge is 0.266 e. The number of halogens is 8. The van der Waals surface area contributed by atoms with Gasteiger partial charge in [0, 0.05) is 12.3 Å². The number of hydrogen-bond donors (Lipinski definition) is 0. The van der Waals surface area contributed by atoms with Gasteiger partial charge in [0.15, 0.2) is 3.79 Å². The molecule has 0 atom stereocenters. The van der Waals surface area contributed by atoms with E-state index in [0.717, 1.165) is 0 Å². The Morgan fingerprint density at radius 1 is 0.786 bits per heavy atom. The molecule has 8 heteroatoms. The van der Waals surface area contributed by atoms with E-state index in [1.165, 1.54) is 0 Å². The molecule has 0 spiro atoms. The molecule has 0 nitrogen and oxygen atoms in total. The third-order valence-electron chi connectivity index (χ3n) is 0.378. The first kappa shape index (κ1) is 21.4. The van der Waals surface area contributed by atoms with Crippen LogP contribution in [-0.2, 0) is 0 Å². The van der Waals surface area contributed by atoms with Crippen LogP contribution in [0.4, 0.5) is 0 Å². The Hall–Kier alpha value is 2.06. The lowest BCUT2D eigenvalue weighted by Crippen LogP contribution is -2.01. The molecule has 0 amide bonds. The minimum Gasteiger partial charge on any atom is -0.127 e. The van der Waals surface area contributed by atoms with Crippen LogP contribution in [0.5, 0.6) is 0 Å². The van der Waals surface area contributed by atoms with Crippen molar-refractivity contribution in [3.63, 3.8) is 0 Å². The second-order valence-corrected chi connectivity index (χ2v) is 7.81. The standard InChI is InChI=1S/C3H4Cl4.C2H4.CCl4/c4-2-1-3(5,6)7;1-2;2-1(3,4)5/h1-2H2;1-2H2;. The van der Waals surface area contributed by atoms with Crippen LogP contribution in [0, 0.1) is 0 Å². The first-order chi connectivity index (χ1) is 6.06. The average molecular weight is 364 g/mol. The zero-order chi connectivity index (χ0) is 12.4. The zero-order valence-corrected chi connectivity index (χ0v) is 12.9.